The summed E-state index contributed by atoms with van der Waals surface area (Å²) in [5, 5.41) is 10.1. The Balaban J connectivity index is 2.04. The summed E-state index contributed by atoms with van der Waals surface area (Å²) in [6, 6.07) is 4.51. The van der Waals surface area contributed by atoms with Crippen LogP contribution in [0.15, 0.2) is 28.7 Å². The number of aryl methyl sites for hydroxylation is 1. The number of aliphatic hydroxyl groups is 1. The van der Waals surface area contributed by atoms with Gasteiger partial charge in [0.15, 0.2) is 0 Å². The number of nitrogens with zero attached hydrogens (tertiary/aromatic N) is 1. The normalized spacial score (nSPS) is 12.5. The van der Waals surface area contributed by atoms with Gasteiger partial charge in [-0.2, -0.15) is 0 Å². The van der Waals surface area contributed by atoms with Crippen LogP contribution < -0.4 is 0 Å². The van der Waals surface area contributed by atoms with Crippen LogP contribution in [-0.2, 0) is 11.3 Å². The number of hydrogen-bond acceptors (Lipinski definition) is 5. The molecule has 7 heteroatoms. The van der Waals surface area contributed by atoms with E-state index < -0.39 is 23.7 Å². The molecule has 0 aliphatic rings. The van der Waals surface area contributed by atoms with E-state index in [1.165, 1.54) is 7.11 Å². The number of benzene rings is 1. The Kier molecular flexibility index (Phi) is 5.69. The average Bonchev–Trinajstić information content (AvgIpc) is 2.88. The molecule has 0 aliphatic carbocycles. The molecule has 1 N–H and O–H groups in total. The fourth-order valence-electron chi connectivity index (χ4n) is 2.43. The summed E-state index contributed by atoms with van der Waals surface area (Å²) in [6.07, 6.45) is -1.19. The third-order valence-corrected chi connectivity index (χ3v) is 3.60. The van der Waals surface area contributed by atoms with E-state index in [2.05, 4.69) is 4.74 Å². The Bertz CT molecular complexity index is 729. The van der Waals surface area contributed by atoms with Crippen LogP contribution in [0.3, 0.4) is 0 Å². The summed E-state index contributed by atoms with van der Waals surface area (Å²) < 4.78 is 37.0. The van der Waals surface area contributed by atoms with Gasteiger partial charge >= 0.3 is 5.97 Å². The lowest BCUT2D eigenvalue weighted by atomic mass is 10.1. The molecule has 130 valence electrons. The van der Waals surface area contributed by atoms with Gasteiger partial charge in [0.05, 0.1) is 19.8 Å². The van der Waals surface area contributed by atoms with Crippen molar-refractivity contribution in [2.75, 3.05) is 20.7 Å². The van der Waals surface area contributed by atoms with E-state index in [9.17, 15) is 18.7 Å². The van der Waals surface area contributed by atoms with Gasteiger partial charge in [0.2, 0.25) is 0 Å². The van der Waals surface area contributed by atoms with Crippen molar-refractivity contribution in [3.05, 3.63) is 58.5 Å². The van der Waals surface area contributed by atoms with Gasteiger partial charge in [0.25, 0.3) is 0 Å². The summed E-state index contributed by atoms with van der Waals surface area (Å²) in [5.41, 5.74) is 0.227. The first-order chi connectivity index (χ1) is 11.3. The van der Waals surface area contributed by atoms with Gasteiger partial charge in [0.1, 0.15) is 28.7 Å². The highest BCUT2D eigenvalue weighted by molar-refractivity contribution is 5.90. The summed E-state index contributed by atoms with van der Waals surface area (Å²) in [6.45, 7) is 1.99. The number of methoxy groups -OCH3 is 1. The minimum Gasteiger partial charge on any atom is -0.465 e. The highest BCUT2D eigenvalue weighted by Crippen LogP contribution is 2.21. The molecule has 0 aliphatic heterocycles. The number of aliphatic hydroxyl groups excluding tert-OH is 1. The van der Waals surface area contributed by atoms with Crippen molar-refractivity contribution in [1.29, 1.82) is 0 Å². The Labute approximate surface area is 138 Å². The number of ether oxygens (including phenoxy) is 1. The third-order valence-electron chi connectivity index (χ3n) is 3.60. The molecular formula is C17H19F2NO4. The highest BCUT2D eigenvalue weighted by atomic mass is 19.1. The quantitative estimate of drug-likeness (QED) is 0.820. The third kappa shape index (κ3) is 4.18. The predicted molar refractivity (Wildman–Crippen MR) is 82.4 cm³/mol. The fraction of sp³-hybridized carbons (Fsp3) is 0.353. The lowest BCUT2D eigenvalue weighted by Crippen LogP contribution is -2.24. The molecule has 1 aromatic carbocycles. The van der Waals surface area contributed by atoms with E-state index in [-0.39, 0.29) is 18.7 Å². The molecule has 0 fully saturated rings. The summed E-state index contributed by atoms with van der Waals surface area (Å²) in [5.74, 6) is -0.840. The summed E-state index contributed by atoms with van der Waals surface area (Å²) >= 11 is 0. The van der Waals surface area contributed by atoms with Crippen molar-refractivity contribution in [3.8, 4) is 0 Å². The molecule has 0 radical (unpaired) electrons. The van der Waals surface area contributed by atoms with Gasteiger partial charge in [-0.15, -0.1) is 0 Å². The van der Waals surface area contributed by atoms with Crippen LogP contribution in [0.25, 0.3) is 0 Å². The molecule has 0 bridgehead atoms. The monoisotopic (exact) mass is 339 g/mol. The molecule has 2 aromatic rings. The number of carbonyl (C=O) groups is 1. The van der Waals surface area contributed by atoms with E-state index in [0.29, 0.717) is 17.1 Å². The van der Waals surface area contributed by atoms with Crippen LogP contribution in [0.1, 0.15) is 33.5 Å². The zero-order valence-corrected chi connectivity index (χ0v) is 13.7. The smallest absolute Gasteiger partial charge is 0.341 e. The molecule has 0 amide bonds. The Morgan fingerprint density at radius 2 is 2.08 bits per heavy atom. The zero-order chi connectivity index (χ0) is 17.9. The minimum atomic E-state index is -1.19. The topological polar surface area (TPSA) is 62.9 Å². The van der Waals surface area contributed by atoms with Crippen molar-refractivity contribution < 1.29 is 27.8 Å². The van der Waals surface area contributed by atoms with Crippen LogP contribution in [0.5, 0.6) is 0 Å². The number of furan rings is 1. The molecular weight excluding hydrogens is 320 g/mol. The number of carbonyl (C=O) groups excluding carboxylic acids is 1. The van der Waals surface area contributed by atoms with Crippen molar-refractivity contribution in [2.45, 2.75) is 19.6 Å². The number of rotatable bonds is 6. The van der Waals surface area contributed by atoms with E-state index >= 15 is 0 Å². The maximum absolute atomic E-state index is 13.7. The van der Waals surface area contributed by atoms with E-state index in [0.717, 1.165) is 18.2 Å². The van der Waals surface area contributed by atoms with E-state index in [1.54, 1.807) is 24.9 Å². The second-order valence-electron chi connectivity index (χ2n) is 5.55. The first-order valence-electron chi connectivity index (χ1n) is 7.31. The maximum atomic E-state index is 13.7. The van der Waals surface area contributed by atoms with Gasteiger partial charge in [0, 0.05) is 12.1 Å². The molecule has 0 saturated heterocycles. The van der Waals surface area contributed by atoms with Crippen LogP contribution in [-0.4, -0.2) is 36.7 Å². The minimum absolute atomic E-state index is 0.0632. The van der Waals surface area contributed by atoms with Crippen LogP contribution in [0.2, 0.25) is 0 Å². The van der Waals surface area contributed by atoms with Gasteiger partial charge < -0.3 is 14.3 Å². The second-order valence-corrected chi connectivity index (χ2v) is 5.55. The highest BCUT2D eigenvalue weighted by Gasteiger charge is 2.19. The summed E-state index contributed by atoms with van der Waals surface area (Å²) in [4.78, 5) is 13.2. The number of esters is 1. The Hall–Kier alpha value is -2.25. The molecule has 1 aromatic heterocycles. The van der Waals surface area contributed by atoms with Gasteiger partial charge in [-0.05, 0) is 38.2 Å². The molecule has 1 unspecified atom stereocenters. The SMILES string of the molecule is COC(=O)c1cc(CN(C)CC(O)c2cc(F)ccc2F)oc1C. The van der Waals surface area contributed by atoms with Crippen LogP contribution >= 0.6 is 0 Å². The first-order valence-corrected chi connectivity index (χ1v) is 7.31. The predicted octanol–water partition coefficient (Wildman–Crippen LogP) is 2.82. The molecule has 1 heterocycles. The van der Waals surface area contributed by atoms with Crippen molar-refractivity contribution >= 4 is 5.97 Å². The fourth-order valence-corrected chi connectivity index (χ4v) is 2.43. The lowest BCUT2D eigenvalue weighted by molar-refractivity contribution is 0.0598. The van der Waals surface area contributed by atoms with Gasteiger partial charge in [-0.1, -0.05) is 0 Å². The molecule has 2 rings (SSSR count). The molecule has 0 spiro atoms. The standard InChI is InChI=1S/C17H19F2NO4/c1-10-13(17(22)23-3)7-12(24-10)8-20(2)9-16(21)14-6-11(18)4-5-15(14)19/h4-7,16,21H,8-9H2,1-3H3. The Morgan fingerprint density at radius 1 is 1.38 bits per heavy atom. The second kappa shape index (κ2) is 7.55. The van der Waals surface area contributed by atoms with E-state index in [4.69, 9.17) is 4.42 Å². The van der Waals surface area contributed by atoms with Crippen molar-refractivity contribution in [3.63, 3.8) is 0 Å². The first kappa shape index (κ1) is 18.1. The lowest BCUT2D eigenvalue weighted by Gasteiger charge is -2.20. The van der Waals surface area contributed by atoms with Gasteiger partial charge in [-0.25, -0.2) is 13.6 Å². The zero-order valence-electron chi connectivity index (χ0n) is 13.7. The largest absolute Gasteiger partial charge is 0.465 e. The van der Waals surface area contributed by atoms with E-state index in [1.807, 2.05) is 0 Å². The Morgan fingerprint density at radius 3 is 2.75 bits per heavy atom. The molecule has 5 nitrogen and oxygen atoms in total. The number of halogens is 2. The maximum Gasteiger partial charge on any atom is 0.341 e. The summed E-state index contributed by atoms with van der Waals surface area (Å²) in [7, 11) is 2.97. The number of hydrogen-bond donors (Lipinski definition) is 1. The number of likely N-dealkylation sites (N-methyl/N-ethyl adjacent to an activating group) is 1. The van der Waals surface area contributed by atoms with Gasteiger partial charge in [-0.3, -0.25) is 4.90 Å². The van der Waals surface area contributed by atoms with Crippen LogP contribution in [0.4, 0.5) is 8.78 Å². The average molecular weight is 339 g/mol. The molecule has 0 saturated carbocycles. The van der Waals surface area contributed by atoms with Crippen molar-refractivity contribution in [1.82, 2.24) is 4.90 Å². The molecule has 24 heavy (non-hydrogen) atoms. The molecule has 1 atom stereocenters. The van der Waals surface area contributed by atoms with Crippen molar-refractivity contribution in [2.24, 2.45) is 0 Å². The van der Waals surface area contributed by atoms with Crippen LogP contribution in [0, 0.1) is 18.6 Å².